The van der Waals surface area contributed by atoms with Crippen molar-refractivity contribution in [1.82, 2.24) is 5.32 Å². The molecule has 0 bridgehead atoms. The topological polar surface area (TPSA) is 47.6 Å². The summed E-state index contributed by atoms with van der Waals surface area (Å²) in [5.74, 6) is 1.67. The van der Waals surface area contributed by atoms with Crippen LogP contribution in [0.5, 0.6) is 11.5 Å². The van der Waals surface area contributed by atoms with Crippen molar-refractivity contribution < 1.29 is 14.3 Å². The summed E-state index contributed by atoms with van der Waals surface area (Å²) in [7, 11) is 1.64. The average molecular weight is 345 g/mol. The maximum absolute atomic E-state index is 12.1. The summed E-state index contributed by atoms with van der Waals surface area (Å²) in [4.78, 5) is 13.2. The van der Waals surface area contributed by atoms with E-state index in [2.05, 4.69) is 5.32 Å². The fourth-order valence-electron chi connectivity index (χ4n) is 2.11. The van der Waals surface area contributed by atoms with Crippen LogP contribution in [0.3, 0.4) is 0 Å². The Balaban J connectivity index is 1.72. The lowest BCUT2D eigenvalue weighted by molar-refractivity contribution is -0.120. The maximum atomic E-state index is 12.1. The van der Waals surface area contributed by atoms with Gasteiger partial charge in [0.1, 0.15) is 18.1 Å². The smallest absolute Gasteiger partial charge is 0.233 e. The SMILES string of the molecule is COc1ccc(S[C@@H](C)C(=O)NCCOc2ccccc2C)cc1. The third-order valence-electron chi connectivity index (χ3n) is 3.49. The molecular formula is C19H23NO3S. The zero-order chi connectivity index (χ0) is 17.4. The highest BCUT2D eigenvalue weighted by atomic mass is 32.2. The first kappa shape index (κ1) is 18.2. The van der Waals surface area contributed by atoms with Gasteiger partial charge in [0.25, 0.3) is 0 Å². The first-order chi connectivity index (χ1) is 11.6. The highest BCUT2D eigenvalue weighted by Crippen LogP contribution is 2.25. The summed E-state index contributed by atoms with van der Waals surface area (Å²) < 4.78 is 10.8. The number of nitrogens with one attached hydrogen (secondary N) is 1. The van der Waals surface area contributed by atoms with Gasteiger partial charge < -0.3 is 14.8 Å². The molecule has 2 rings (SSSR count). The van der Waals surface area contributed by atoms with Crippen LogP contribution >= 0.6 is 11.8 Å². The number of rotatable bonds is 8. The summed E-state index contributed by atoms with van der Waals surface area (Å²) >= 11 is 1.52. The van der Waals surface area contributed by atoms with Crippen LogP contribution in [0.2, 0.25) is 0 Å². The molecule has 1 N–H and O–H groups in total. The molecule has 1 atom stereocenters. The summed E-state index contributed by atoms with van der Waals surface area (Å²) in [6.45, 7) is 4.84. The highest BCUT2D eigenvalue weighted by Gasteiger charge is 2.13. The fraction of sp³-hybridized carbons (Fsp3) is 0.316. The summed E-state index contributed by atoms with van der Waals surface area (Å²) in [6, 6.07) is 15.5. The zero-order valence-electron chi connectivity index (χ0n) is 14.2. The first-order valence-electron chi connectivity index (χ1n) is 7.87. The van der Waals surface area contributed by atoms with E-state index in [0.717, 1.165) is 22.0 Å². The van der Waals surface area contributed by atoms with E-state index in [1.165, 1.54) is 11.8 Å². The van der Waals surface area contributed by atoms with Crippen LogP contribution < -0.4 is 14.8 Å². The standard InChI is InChI=1S/C19H23NO3S/c1-14-6-4-5-7-18(14)23-13-12-20-19(21)15(2)24-17-10-8-16(22-3)9-11-17/h4-11,15H,12-13H2,1-3H3,(H,20,21)/t15-/m0/s1. The van der Waals surface area contributed by atoms with Crippen molar-refractivity contribution in [3.63, 3.8) is 0 Å². The van der Waals surface area contributed by atoms with Crippen molar-refractivity contribution in [3.05, 3.63) is 54.1 Å². The molecule has 0 heterocycles. The maximum Gasteiger partial charge on any atom is 0.233 e. The molecule has 24 heavy (non-hydrogen) atoms. The Morgan fingerprint density at radius 3 is 2.54 bits per heavy atom. The Bertz CT molecular complexity index is 658. The predicted octanol–water partition coefficient (Wildman–Crippen LogP) is 3.68. The van der Waals surface area contributed by atoms with E-state index in [1.807, 2.05) is 62.4 Å². The van der Waals surface area contributed by atoms with E-state index in [9.17, 15) is 4.79 Å². The van der Waals surface area contributed by atoms with Crippen LogP contribution in [0, 0.1) is 6.92 Å². The predicted molar refractivity (Wildman–Crippen MR) is 98.0 cm³/mol. The van der Waals surface area contributed by atoms with Gasteiger partial charge in [0.2, 0.25) is 5.91 Å². The molecule has 0 aliphatic heterocycles. The minimum absolute atomic E-state index is 0.00389. The molecule has 2 aromatic rings. The summed E-state index contributed by atoms with van der Waals surface area (Å²) in [6.07, 6.45) is 0. The molecule has 4 nitrogen and oxygen atoms in total. The van der Waals surface area contributed by atoms with E-state index in [-0.39, 0.29) is 11.2 Å². The number of hydrogen-bond donors (Lipinski definition) is 1. The number of aryl methyl sites for hydroxylation is 1. The van der Waals surface area contributed by atoms with E-state index in [4.69, 9.17) is 9.47 Å². The van der Waals surface area contributed by atoms with E-state index in [0.29, 0.717) is 13.2 Å². The molecule has 0 unspecified atom stereocenters. The highest BCUT2D eigenvalue weighted by molar-refractivity contribution is 8.00. The molecule has 0 radical (unpaired) electrons. The summed E-state index contributed by atoms with van der Waals surface area (Å²) in [5.41, 5.74) is 1.09. The van der Waals surface area contributed by atoms with Crippen molar-refractivity contribution in [2.24, 2.45) is 0 Å². The largest absolute Gasteiger partial charge is 0.497 e. The lowest BCUT2D eigenvalue weighted by atomic mass is 10.2. The number of thioether (sulfide) groups is 1. The number of hydrogen-bond acceptors (Lipinski definition) is 4. The number of para-hydroxylation sites is 1. The van der Waals surface area contributed by atoms with E-state index in [1.54, 1.807) is 7.11 Å². The fourth-order valence-corrected chi connectivity index (χ4v) is 3.00. The second-order valence-electron chi connectivity index (χ2n) is 5.34. The van der Waals surface area contributed by atoms with Crippen molar-refractivity contribution >= 4 is 17.7 Å². The normalized spacial score (nSPS) is 11.6. The number of ether oxygens (including phenoxy) is 2. The van der Waals surface area contributed by atoms with Crippen molar-refractivity contribution in [2.75, 3.05) is 20.3 Å². The number of carbonyl (C=O) groups excluding carboxylic acids is 1. The lowest BCUT2D eigenvalue weighted by Gasteiger charge is -2.13. The first-order valence-corrected chi connectivity index (χ1v) is 8.75. The molecule has 0 aliphatic rings. The molecule has 0 spiro atoms. The van der Waals surface area contributed by atoms with Crippen molar-refractivity contribution in [3.8, 4) is 11.5 Å². The Labute approximate surface area is 147 Å². The van der Waals surface area contributed by atoms with Gasteiger partial charge in [-0.05, 0) is 49.7 Å². The monoisotopic (exact) mass is 345 g/mol. The van der Waals surface area contributed by atoms with Gasteiger partial charge in [0.05, 0.1) is 18.9 Å². The van der Waals surface area contributed by atoms with Gasteiger partial charge >= 0.3 is 0 Å². The van der Waals surface area contributed by atoms with Gasteiger partial charge in [-0.3, -0.25) is 4.79 Å². The number of benzene rings is 2. The Morgan fingerprint density at radius 1 is 1.17 bits per heavy atom. The van der Waals surface area contributed by atoms with E-state index < -0.39 is 0 Å². The second-order valence-corrected chi connectivity index (χ2v) is 6.75. The Hall–Kier alpha value is -2.14. The van der Waals surface area contributed by atoms with Gasteiger partial charge in [-0.2, -0.15) is 0 Å². The molecule has 2 aromatic carbocycles. The minimum atomic E-state index is -0.170. The van der Waals surface area contributed by atoms with Crippen molar-refractivity contribution in [2.45, 2.75) is 24.0 Å². The molecule has 0 aromatic heterocycles. The molecule has 0 saturated carbocycles. The van der Waals surface area contributed by atoms with Gasteiger partial charge in [-0.15, -0.1) is 11.8 Å². The Morgan fingerprint density at radius 2 is 1.88 bits per heavy atom. The van der Waals surface area contributed by atoms with E-state index >= 15 is 0 Å². The minimum Gasteiger partial charge on any atom is -0.497 e. The molecule has 0 aliphatic carbocycles. The molecule has 128 valence electrons. The zero-order valence-corrected chi connectivity index (χ0v) is 15.1. The summed E-state index contributed by atoms with van der Waals surface area (Å²) in [5, 5.41) is 2.74. The van der Waals surface area contributed by atoms with Gasteiger partial charge in [-0.25, -0.2) is 0 Å². The average Bonchev–Trinajstić information content (AvgIpc) is 2.60. The second kappa shape index (κ2) is 9.23. The molecule has 5 heteroatoms. The van der Waals surface area contributed by atoms with Crippen LogP contribution in [0.25, 0.3) is 0 Å². The van der Waals surface area contributed by atoms with Gasteiger partial charge in [0, 0.05) is 4.90 Å². The Kier molecular flexibility index (Phi) is 7.00. The molecular weight excluding hydrogens is 322 g/mol. The molecule has 0 saturated heterocycles. The van der Waals surface area contributed by atoms with Crippen molar-refractivity contribution in [1.29, 1.82) is 0 Å². The van der Waals surface area contributed by atoms with Crippen LogP contribution in [-0.2, 0) is 4.79 Å². The lowest BCUT2D eigenvalue weighted by Crippen LogP contribution is -2.34. The third-order valence-corrected chi connectivity index (χ3v) is 4.61. The van der Waals surface area contributed by atoms with Crippen LogP contribution in [0.1, 0.15) is 12.5 Å². The van der Waals surface area contributed by atoms with Gasteiger partial charge in [-0.1, -0.05) is 18.2 Å². The third kappa shape index (κ3) is 5.49. The van der Waals surface area contributed by atoms with Crippen LogP contribution in [0.15, 0.2) is 53.4 Å². The number of methoxy groups -OCH3 is 1. The molecule has 1 amide bonds. The number of carbonyl (C=O) groups is 1. The quantitative estimate of drug-likeness (QED) is 0.586. The number of amides is 1. The van der Waals surface area contributed by atoms with Crippen LogP contribution in [0.4, 0.5) is 0 Å². The molecule has 0 fully saturated rings. The van der Waals surface area contributed by atoms with Gasteiger partial charge in [0.15, 0.2) is 0 Å². The van der Waals surface area contributed by atoms with Crippen LogP contribution in [-0.4, -0.2) is 31.4 Å².